The van der Waals surface area contributed by atoms with E-state index in [9.17, 15) is 9.59 Å². The van der Waals surface area contributed by atoms with Gasteiger partial charge in [-0.3, -0.25) is 9.59 Å². The third-order valence-electron chi connectivity index (χ3n) is 4.54. The summed E-state index contributed by atoms with van der Waals surface area (Å²) in [4.78, 5) is 29.9. The summed E-state index contributed by atoms with van der Waals surface area (Å²) in [7, 11) is 0. The van der Waals surface area contributed by atoms with Crippen molar-refractivity contribution in [1.29, 1.82) is 0 Å². The molecular formula is C22H18N4O3S. The van der Waals surface area contributed by atoms with Crippen LogP contribution in [0.5, 0.6) is 0 Å². The van der Waals surface area contributed by atoms with Gasteiger partial charge >= 0.3 is 0 Å². The second-order valence-corrected chi connectivity index (χ2v) is 7.14. The van der Waals surface area contributed by atoms with Crippen molar-refractivity contribution in [2.24, 2.45) is 0 Å². The SMILES string of the molecule is O=C(NC(Cc1ccccc1)C(=O)Cc1ncco1)c1nsnc1-c1ccccc1. The van der Waals surface area contributed by atoms with E-state index >= 15 is 0 Å². The number of Topliss-reactive ketones (excluding diaryl/α,β-unsaturated/α-hetero) is 1. The van der Waals surface area contributed by atoms with Gasteiger partial charge in [0, 0.05) is 5.56 Å². The standard InChI is InChI=1S/C22H18N4O3S/c27-18(14-19-23-11-12-29-19)17(13-15-7-3-1-4-8-15)24-22(28)21-20(25-30-26-21)16-9-5-2-6-10-16/h1-12,17H,13-14H2,(H,24,28). The molecule has 7 nitrogen and oxygen atoms in total. The van der Waals surface area contributed by atoms with E-state index in [0.717, 1.165) is 22.9 Å². The number of rotatable bonds is 8. The van der Waals surface area contributed by atoms with Crippen LogP contribution in [-0.4, -0.2) is 31.5 Å². The molecule has 1 amide bonds. The van der Waals surface area contributed by atoms with Crippen LogP contribution in [0, 0.1) is 0 Å². The van der Waals surface area contributed by atoms with Gasteiger partial charge in [0.15, 0.2) is 11.5 Å². The van der Waals surface area contributed by atoms with Crippen molar-refractivity contribution in [2.45, 2.75) is 18.9 Å². The monoisotopic (exact) mass is 418 g/mol. The smallest absolute Gasteiger partial charge is 0.273 e. The quantitative estimate of drug-likeness (QED) is 0.471. The highest BCUT2D eigenvalue weighted by molar-refractivity contribution is 6.99. The molecule has 0 aliphatic carbocycles. The molecule has 0 bridgehead atoms. The number of carbonyl (C=O) groups is 2. The Balaban J connectivity index is 1.56. The van der Waals surface area contributed by atoms with Crippen LogP contribution >= 0.6 is 11.7 Å². The molecule has 1 unspecified atom stereocenters. The van der Waals surface area contributed by atoms with Gasteiger partial charge < -0.3 is 9.73 Å². The molecule has 0 saturated heterocycles. The number of oxazole rings is 1. The number of hydrogen-bond acceptors (Lipinski definition) is 7. The molecule has 2 aromatic heterocycles. The Morgan fingerprint density at radius 3 is 2.43 bits per heavy atom. The lowest BCUT2D eigenvalue weighted by Gasteiger charge is -2.17. The molecule has 8 heteroatoms. The highest BCUT2D eigenvalue weighted by Crippen LogP contribution is 2.21. The molecule has 0 fully saturated rings. The lowest BCUT2D eigenvalue weighted by molar-refractivity contribution is -0.120. The van der Waals surface area contributed by atoms with E-state index in [1.54, 1.807) is 0 Å². The van der Waals surface area contributed by atoms with Gasteiger partial charge in [0.05, 0.1) is 30.4 Å². The minimum absolute atomic E-state index is 0.00830. The van der Waals surface area contributed by atoms with Gasteiger partial charge in [0.1, 0.15) is 12.0 Å². The zero-order valence-electron chi connectivity index (χ0n) is 15.9. The fraction of sp³-hybridized carbons (Fsp3) is 0.136. The van der Waals surface area contributed by atoms with Crippen LogP contribution in [-0.2, 0) is 17.6 Å². The molecule has 150 valence electrons. The molecule has 2 aromatic carbocycles. The highest BCUT2D eigenvalue weighted by atomic mass is 32.1. The highest BCUT2D eigenvalue weighted by Gasteiger charge is 2.26. The van der Waals surface area contributed by atoms with Crippen molar-refractivity contribution < 1.29 is 14.0 Å². The molecule has 4 rings (SSSR count). The maximum Gasteiger partial charge on any atom is 0.273 e. The van der Waals surface area contributed by atoms with E-state index in [2.05, 4.69) is 19.0 Å². The Bertz CT molecular complexity index is 1110. The van der Waals surface area contributed by atoms with E-state index in [0.29, 0.717) is 18.0 Å². The second-order valence-electron chi connectivity index (χ2n) is 6.61. The van der Waals surface area contributed by atoms with Crippen LogP contribution in [0.4, 0.5) is 0 Å². The average Bonchev–Trinajstić information content (AvgIpc) is 3.47. The summed E-state index contributed by atoms with van der Waals surface area (Å²) in [6, 6.07) is 18.1. The molecule has 0 aliphatic rings. The zero-order chi connectivity index (χ0) is 20.8. The van der Waals surface area contributed by atoms with E-state index < -0.39 is 11.9 Å². The molecule has 0 saturated carbocycles. The first-order valence-electron chi connectivity index (χ1n) is 9.34. The summed E-state index contributed by atoms with van der Waals surface area (Å²) in [6.45, 7) is 0. The van der Waals surface area contributed by atoms with Gasteiger partial charge in [-0.15, -0.1) is 0 Å². The maximum absolute atomic E-state index is 13.0. The lowest BCUT2D eigenvalue weighted by Crippen LogP contribution is -2.43. The van der Waals surface area contributed by atoms with E-state index in [-0.39, 0.29) is 17.9 Å². The predicted molar refractivity (Wildman–Crippen MR) is 112 cm³/mol. The largest absolute Gasteiger partial charge is 0.449 e. The maximum atomic E-state index is 13.0. The molecule has 30 heavy (non-hydrogen) atoms. The summed E-state index contributed by atoms with van der Waals surface area (Å²) in [5.74, 6) is -0.323. The van der Waals surface area contributed by atoms with Crippen molar-refractivity contribution in [3.05, 3.63) is 90.3 Å². The number of carbonyl (C=O) groups excluding carboxylic acids is 2. The minimum Gasteiger partial charge on any atom is -0.449 e. The fourth-order valence-electron chi connectivity index (χ4n) is 3.06. The number of nitrogens with zero attached hydrogens (tertiary/aromatic N) is 3. The summed E-state index contributed by atoms with van der Waals surface area (Å²) >= 11 is 0.962. The number of amides is 1. The Hall–Kier alpha value is -3.65. The fourth-order valence-corrected chi connectivity index (χ4v) is 3.62. The number of hydrogen-bond donors (Lipinski definition) is 1. The van der Waals surface area contributed by atoms with Crippen LogP contribution in [0.1, 0.15) is 21.9 Å². The Labute approximate surface area is 177 Å². The van der Waals surface area contributed by atoms with Crippen LogP contribution in [0.2, 0.25) is 0 Å². The minimum atomic E-state index is -0.753. The van der Waals surface area contributed by atoms with Crippen LogP contribution in [0.3, 0.4) is 0 Å². The number of benzene rings is 2. The van der Waals surface area contributed by atoms with Crippen LogP contribution in [0.15, 0.2) is 77.5 Å². The molecule has 4 aromatic rings. The summed E-state index contributed by atoms with van der Waals surface area (Å²) < 4.78 is 13.6. The van der Waals surface area contributed by atoms with Crippen LogP contribution in [0.25, 0.3) is 11.3 Å². The van der Waals surface area contributed by atoms with E-state index in [4.69, 9.17) is 4.42 Å². The molecule has 0 aliphatic heterocycles. The summed E-state index contributed by atoms with van der Waals surface area (Å²) in [5.41, 5.74) is 2.43. The van der Waals surface area contributed by atoms with E-state index in [1.165, 1.54) is 12.5 Å². The second kappa shape index (κ2) is 9.23. The normalized spacial score (nSPS) is 11.7. The number of ketones is 1. The van der Waals surface area contributed by atoms with Crippen molar-refractivity contribution in [1.82, 2.24) is 19.0 Å². The van der Waals surface area contributed by atoms with Gasteiger partial charge in [-0.2, -0.15) is 8.75 Å². The van der Waals surface area contributed by atoms with E-state index in [1.807, 2.05) is 60.7 Å². The van der Waals surface area contributed by atoms with Crippen molar-refractivity contribution in [3.63, 3.8) is 0 Å². The number of nitrogens with one attached hydrogen (secondary N) is 1. The van der Waals surface area contributed by atoms with Crippen molar-refractivity contribution >= 4 is 23.4 Å². The Morgan fingerprint density at radius 2 is 1.73 bits per heavy atom. The van der Waals surface area contributed by atoms with Gasteiger partial charge in [-0.25, -0.2) is 4.98 Å². The van der Waals surface area contributed by atoms with Gasteiger partial charge in [0.2, 0.25) is 5.89 Å². The first-order valence-corrected chi connectivity index (χ1v) is 10.1. The Kier molecular flexibility index (Phi) is 6.05. The summed E-state index contributed by atoms with van der Waals surface area (Å²) in [5, 5.41) is 2.84. The average molecular weight is 418 g/mol. The molecule has 1 N–H and O–H groups in total. The molecule has 1 atom stereocenters. The first-order chi connectivity index (χ1) is 14.7. The topological polar surface area (TPSA) is 98.0 Å². The molecule has 2 heterocycles. The lowest BCUT2D eigenvalue weighted by atomic mass is 10.00. The molecule has 0 spiro atoms. The van der Waals surface area contributed by atoms with Crippen molar-refractivity contribution in [3.8, 4) is 11.3 Å². The third kappa shape index (κ3) is 4.66. The molecule has 0 radical (unpaired) electrons. The van der Waals surface area contributed by atoms with Gasteiger partial charge in [-0.1, -0.05) is 60.7 Å². The van der Waals surface area contributed by atoms with Gasteiger partial charge in [0.25, 0.3) is 5.91 Å². The van der Waals surface area contributed by atoms with Gasteiger partial charge in [-0.05, 0) is 12.0 Å². The molecular weight excluding hydrogens is 400 g/mol. The Morgan fingerprint density at radius 1 is 1.00 bits per heavy atom. The third-order valence-corrected chi connectivity index (χ3v) is 5.06. The summed E-state index contributed by atoms with van der Waals surface area (Å²) in [6.07, 6.45) is 3.25. The van der Waals surface area contributed by atoms with Crippen molar-refractivity contribution in [2.75, 3.05) is 0 Å². The predicted octanol–water partition coefficient (Wildman–Crippen LogP) is 3.35. The first kappa shape index (κ1) is 19.7. The number of aromatic nitrogens is 3. The van der Waals surface area contributed by atoms with Crippen LogP contribution < -0.4 is 5.32 Å². The zero-order valence-corrected chi connectivity index (χ0v) is 16.7.